The summed E-state index contributed by atoms with van der Waals surface area (Å²) in [6, 6.07) is 0. The van der Waals surface area contributed by atoms with E-state index < -0.39 is 0 Å². The van der Waals surface area contributed by atoms with Crippen LogP contribution in [0, 0.1) is 11.8 Å². The topological polar surface area (TPSA) is 40.5 Å². The highest BCUT2D eigenvalue weighted by molar-refractivity contribution is 4.71. The molecule has 2 N–H and O–H groups in total. The summed E-state index contributed by atoms with van der Waals surface area (Å²) in [5, 5.41) is 17.6. The minimum Gasteiger partial charge on any atom is -0.396 e. The minimum absolute atomic E-state index is 0.328. The van der Waals surface area contributed by atoms with Crippen LogP contribution in [-0.4, -0.2) is 23.4 Å². The third-order valence-corrected chi connectivity index (χ3v) is 2.76. The first kappa shape index (κ1) is 9.01. The maximum atomic E-state index is 8.86. The Balaban J connectivity index is 2.14. The molecule has 0 aliphatic heterocycles. The molecule has 1 fully saturated rings. The van der Waals surface area contributed by atoms with Crippen molar-refractivity contribution in [2.75, 3.05) is 13.2 Å². The van der Waals surface area contributed by atoms with Crippen LogP contribution in [0.4, 0.5) is 0 Å². The van der Waals surface area contributed by atoms with Crippen molar-refractivity contribution in [1.82, 2.24) is 0 Å². The lowest BCUT2D eigenvalue weighted by molar-refractivity contribution is 0.152. The SMILES string of the molecule is OCCC1CCC(CO)CC1. The summed E-state index contributed by atoms with van der Waals surface area (Å²) in [6.45, 7) is 0.681. The van der Waals surface area contributed by atoms with Crippen molar-refractivity contribution in [1.29, 1.82) is 0 Å². The number of aliphatic hydroxyl groups excluding tert-OH is 2. The summed E-state index contributed by atoms with van der Waals surface area (Å²) in [5.74, 6) is 1.27. The number of hydrogen-bond acceptors (Lipinski definition) is 2. The van der Waals surface area contributed by atoms with Crippen LogP contribution in [0.2, 0.25) is 0 Å². The molecule has 0 aromatic carbocycles. The van der Waals surface area contributed by atoms with E-state index in [0.717, 1.165) is 25.2 Å². The van der Waals surface area contributed by atoms with Crippen LogP contribution in [-0.2, 0) is 0 Å². The summed E-state index contributed by atoms with van der Waals surface area (Å²) in [5.41, 5.74) is 0. The zero-order chi connectivity index (χ0) is 8.10. The lowest BCUT2D eigenvalue weighted by Gasteiger charge is -2.26. The molecule has 0 saturated heterocycles. The molecule has 0 radical (unpaired) electrons. The molecule has 0 heterocycles. The maximum Gasteiger partial charge on any atom is 0.0459 e. The van der Waals surface area contributed by atoms with Gasteiger partial charge in [0.05, 0.1) is 0 Å². The van der Waals surface area contributed by atoms with Crippen LogP contribution in [0.5, 0.6) is 0 Å². The fraction of sp³-hybridized carbons (Fsp3) is 1.00. The smallest absolute Gasteiger partial charge is 0.0459 e. The molecule has 0 aromatic rings. The van der Waals surface area contributed by atoms with Gasteiger partial charge in [-0.1, -0.05) is 12.8 Å². The molecular formula is C9H18O2. The van der Waals surface area contributed by atoms with Gasteiger partial charge in [-0.05, 0) is 31.1 Å². The Bertz CT molecular complexity index is 95.7. The monoisotopic (exact) mass is 158 g/mol. The third kappa shape index (κ3) is 2.80. The molecule has 1 aliphatic carbocycles. The molecule has 2 nitrogen and oxygen atoms in total. The van der Waals surface area contributed by atoms with E-state index in [-0.39, 0.29) is 0 Å². The Morgan fingerprint density at radius 3 is 1.91 bits per heavy atom. The molecule has 11 heavy (non-hydrogen) atoms. The van der Waals surface area contributed by atoms with Crippen molar-refractivity contribution < 1.29 is 10.2 Å². The average molecular weight is 158 g/mol. The largest absolute Gasteiger partial charge is 0.396 e. The fourth-order valence-electron chi connectivity index (χ4n) is 1.89. The fourth-order valence-corrected chi connectivity index (χ4v) is 1.89. The van der Waals surface area contributed by atoms with E-state index in [1.165, 1.54) is 12.8 Å². The van der Waals surface area contributed by atoms with E-state index in [4.69, 9.17) is 10.2 Å². The Kier molecular flexibility index (Phi) is 3.87. The molecule has 2 heteroatoms. The summed E-state index contributed by atoms with van der Waals surface area (Å²) < 4.78 is 0. The highest BCUT2D eigenvalue weighted by atomic mass is 16.3. The van der Waals surface area contributed by atoms with Crippen LogP contribution in [0.3, 0.4) is 0 Å². The Hall–Kier alpha value is -0.0800. The van der Waals surface area contributed by atoms with E-state index in [1.54, 1.807) is 0 Å². The summed E-state index contributed by atoms with van der Waals surface area (Å²) in [4.78, 5) is 0. The van der Waals surface area contributed by atoms with Gasteiger partial charge in [-0.15, -0.1) is 0 Å². The molecular weight excluding hydrogens is 140 g/mol. The Morgan fingerprint density at radius 2 is 1.45 bits per heavy atom. The van der Waals surface area contributed by atoms with Crippen LogP contribution in [0.1, 0.15) is 32.1 Å². The summed E-state index contributed by atoms with van der Waals surface area (Å²) >= 11 is 0. The first-order valence-corrected chi connectivity index (χ1v) is 4.58. The van der Waals surface area contributed by atoms with E-state index in [9.17, 15) is 0 Å². The van der Waals surface area contributed by atoms with E-state index in [0.29, 0.717) is 19.1 Å². The Labute approximate surface area is 68.2 Å². The van der Waals surface area contributed by atoms with Gasteiger partial charge in [0, 0.05) is 13.2 Å². The normalized spacial score (nSPS) is 32.2. The maximum absolute atomic E-state index is 8.86. The van der Waals surface area contributed by atoms with Gasteiger partial charge < -0.3 is 10.2 Å². The number of rotatable bonds is 3. The second-order valence-corrected chi connectivity index (χ2v) is 3.58. The number of hydrogen-bond donors (Lipinski definition) is 2. The van der Waals surface area contributed by atoms with Gasteiger partial charge in [-0.25, -0.2) is 0 Å². The quantitative estimate of drug-likeness (QED) is 0.647. The van der Waals surface area contributed by atoms with Crippen molar-refractivity contribution in [3.63, 3.8) is 0 Å². The molecule has 0 spiro atoms. The number of aliphatic hydroxyl groups is 2. The van der Waals surface area contributed by atoms with Crippen LogP contribution >= 0.6 is 0 Å². The second-order valence-electron chi connectivity index (χ2n) is 3.58. The molecule has 66 valence electrons. The lowest BCUT2D eigenvalue weighted by Crippen LogP contribution is -2.17. The predicted molar refractivity (Wildman–Crippen MR) is 44.2 cm³/mol. The highest BCUT2D eigenvalue weighted by Gasteiger charge is 2.19. The molecule has 0 amide bonds. The van der Waals surface area contributed by atoms with Crippen molar-refractivity contribution >= 4 is 0 Å². The van der Waals surface area contributed by atoms with Gasteiger partial charge in [0.2, 0.25) is 0 Å². The van der Waals surface area contributed by atoms with Gasteiger partial charge in [-0.2, -0.15) is 0 Å². The van der Waals surface area contributed by atoms with Crippen LogP contribution in [0.15, 0.2) is 0 Å². The van der Waals surface area contributed by atoms with Crippen molar-refractivity contribution in [2.45, 2.75) is 32.1 Å². The third-order valence-electron chi connectivity index (χ3n) is 2.76. The van der Waals surface area contributed by atoms with Gasteiger partial charge in [0.15, 0.2) is 0 Å². The molecule has 0 bridgehead atoms. The molecule has 1 rings (SSSR count). The molecule has 0 unspecified atom stereocenters. The van der Waals surface area contributed by atoms with Crippen LogP contribution in [0.25, 0.3) is 0 Å². The molecule has 1 aliphatic rings. The highest BCUT2D eigenvalue weighted by Crippen LogP contribution is 2.29. The van der Waals surface area contributed by atoms with E-state index >= 15 is 0 Å². The minimum atomic E-state index is 0.328. The second kappa shape index (κ2) is 4.73. The lowest BCUT2D eigenvalue weighted by atomic mass is 9.81. The van der Waals surface area contributed by atoms with Gasteiger partial charge in [-0.3, -0.25) is 0 Å². The van der Waals surface area contributed by atoms with Crippen molar-refractivity contribution in [2.24, 2.45) is 11.8 Å². The standard InChI is InChI=1S/C9H18O2/c10-6-5-8-1-3-9(7-11)4-2-8/h8-11H,1-7H2. The van der Waals surface area contributed by atoms with Crippen LogP contribution < -0.4 is 0 Å². The summed E-state index contributed by atoms with van der Waals surface area (Å²) in [6.07, 6.45) is 5.66. The van der Waals surface area contributed by atoms with Gasteiger partial charge >= 0.3 is 0 Å². The van der Waals surface area contributed by atoms with Gasteiger partial charge in [0.1, 0.15) is 0 Å². The van der Waals surface area contributed by atoms with E-state index in [2.05, 4.69) is 0 Å². The molecule has 0 aromatic heterocycles. The van der Waals surface area contributed by atoms with E-state index in [1.807, 2.05) is 0 Å². The zero-order valence-electron chi connectivity index (χ0n) is 7.00. The zero-order valence-corrected chi connectivity index (χ0v) is 7.00. The Morgan fingerprint density at radius 1 is 0.909 bits per heavy atom. The summed E-state index contributed by atoms with van der Waals surface area (Å²) in [7, 11) is 0. The molecule has 0 atom stereocenters. The van der Waals surface area contributed by atoms with Crippen molar-refractivity contribution in [3.05, 3.63) is 0 Å². The first-order chi connectivity index (χ1) is 5.36. The first-order valence-electron chi connectivity index (χ1n) is 4.58. The molecule has 1 saturated carbocycles. The predicted octanol–water partition coefficient (Wildman–Crippen LogP) is 1.17. The average Bonchev–Trinajstić information content (AvgIpc) is 2.07. The van der Waals surface area contributed by atoms with Crippen molar-refractivity contribution in [3.8, 4) is 0 Å². The van der Waals surface area contributed by atoms with Gasteiger partial charge in [0.25, 0.3) is 0 Å².